The zero-order valence-corrected chi connectivity index (χ0v) is 14.9. The van der Waals surface area contributed by atoms with Gasteiger partial charge in [-0.1, -0.05) is 12.1 Å². The van der Waals surface area contributed by atoms with Crippen LogP contribution in [-0.2, 0) is 9.53 Å². The number of ether oxygens (including phenoxy) is 1. The maximum Gasteiger partial charge on any atom is 0.329 e. The number of carbonyl (C=O) groups is 4. The molecule has 6 nitrogen and oxygen atoms in total. The van der Waals surface area contributed by atoms with Crippen molar-refractivity contribution in [1.82, 2.24) is 4.90 Å². The van der Waals surface area contributed by atoms with Crippen LogP contribution in [0.2, 0.25) is 0 Å². The summed E-state index contributed by atoms with van der Waals surface area (Å²) < 4.78 is 31.3. The summed E-state index contributed by atoms with van der Waals surface area (Å²) >= 11 is 0. The Morgan fingerprint density at radius 1 is 0.929 bits per heavy atom. The Hall–Kier alpha value is -3.42. The highest BCUT2D eigenvalue weighted by atomic mass is 19.2. The van der Waals surface area contributed by atoms with E-state index in [0.29, 0.717) is 6.07 Å². The van der Waals surface area contributed by atoms with E-state index in [2.05, 4.69) is 0 Å². The van der Waals surface area contributed by atoms with Gasteiger partial charge in [-0.05, 0) is 44.2 Å². The molecule has 0 aliphatic carbocycles. The Morgan fingerprint density at radius 3 is 2.04 bits per heavy atom. The lowest BCUT2D eigenvalue weighted by Crippen LogP contribution is -2.45. The highest BCUT2D eigenvalue weighted by molar-refractivity contribution is 6.22. The van der Waals surface area contributed by atoms with Crippen molar-refractivity contribution in [2.75, 3.05) is 0 Å². The minimum absolute atomic E-state index is 0.174. The maximum atomic E-state index is 13.3. The summed E-state index contributed by atoms with van der Waals surface area (Å²) in [6, 6.07) is 7.43. The normalized spacial score (nSPS) is 15.2. The van der Waals surface area contributed by atoms with Gasteiger partial charge in [-0.3, -0.25) is 19.3 Å². The smallest absolute Gasteiger partial charge is 0.329 e. The third-order valence-corrected chi connectivity index (χ3v) is 4.42. The summed E-state index contributed by atoms with van der Waals surface area (Å²) in [7, 11) is 0. The van der Waals surface area contributed by atoms with Gasteiger partial charge in [0.2, 0.25) is 5.78 Å². The number of halogens is 2. The molecule has 0 aromatic heterocycles. The molecule has 3 rings (SSSR count). The molecule has 0 saturated heterocycles. The van der Waals surface area contributed by atoms with E-state index < -0.39 is 47.3 Å². The van der Waals surface area contributed by atoms with Gasteiger partial charge in [-0.25, -0.2) is 13.6 Å². The molecule has 0 radical (unpaired) electrons. The minimum atomic E-state index is -1.32. The van der Waals surface area contributed by atoms with Crippen LogP contribution in [0.4, 0.5) is 8.78 Å². The van der Waals surface area contributed by atoms with Gasteiger partial charge in [-0.2, -0.15) is 0 Å². The lowest BCUT2D eigenvalue weighted by molar-refractivity contribution is -0.150. The largest absolute Gasteiger partial charge is 0.453 e. The predicted octanol–water partition coefficient (Wildman–Crippen LogP) is 2.76. The zero-order chi connectivity index (χ0) is 20.6. The molecule has 28 heavy (non-hydrogen) atoms. The van der Waals surface area contributed by atoms with Crippen LogP contribution in [0.5, 0.6) is 0 Å². The summed E-state index contributed by atoms with van der Waals surface area (Å²) in [6.45, 7) is 2.56. The van der Waals surface area contributed by atoms with E-state index in [0.717, 1.165) is 17.0 Å². The van der Waals surface area contributed by atoms with Crippen molar-refractivity contribution in [3.05, 3.63) is 70.8 Å². The molecule has 2 atom stereocenters. The van der Waals surface area contributed by atoms with Crippen LogP contribution < -0.4 is 0 Å². The Kier molecular flexibility index (Phi) is 5.04. The first kappa shape index (κ1) is 19.3. The molecule has 1 aliphatic rings. The average Bonchev–Trinajstić information content (AvgIpc) is 2.93. The van der Waals surface area contributed by atoms with Crippen LogP contribution in [0.1, 0.15) is 44.9 Å². The van der Waals surface area contributed by atoms with Crippen LogP contribution in [0.3, 0.4) is 0 Å². The van der Waals surface area contributed by atoms with Gasteiger partial charge in [0, 0.05) is 5.56 Å². The van der Waals surface area contributed by atoms with E-state index >= 15 is 0 Å². The first-order valence-electron chi connectivity index (χ1n) is 8.39. The molecule has 1 aliphatic heterocycles. The molecule has 0 N–H and O–H groups in total. The quantitative estimate of drug-likeness (QED) is 0.448. The van der Waals surface area contributed by atoms with E-state index in [9.17, 15) is 28.0 Å². The fourth-order valence-corrected chi connectivity index (χ4v) is 2.88. The number of nitrogens with zero attached hydrogens (tertiary/aromatic N) is 1. The summed E-state index contributed by atoms with van der Waals surface area (Å²) in [5.41, 5.74) is 0.184. The Balaban J connectivity index is 1.72. The fraction of sp³-hybridized carbons (Fsp3) is 0.200. The van der Waals surface area contributed by atoms with Gasteiger partial charge in [0.1, 0.15) is 6.04 Å². The molecule has 8 heteroatoms. The van der Waals surface area contributed by atoms with E-state index in [4.69, 9.17) is 4.74 Å². The van der Waals surface area contributed by atoms with Crippen molar-refractivity contribution < 1.29 is 32.7 Å². The summed E-state index contributed by atoms with van der Waals surface area (Å²) in [4.78, 5) is 50.3. The van der Waals surface area contributed by atoms with Crippen LogP contribution >= 0.6 is 0 Å². The van der Waals surface area contributed by atoms with Crippen LogP contribution in [0.15, 0.2) is 42.5 Å². The molecule has 2 amide bonds. The van der Waals surface area contributed by atoms with E-state index in [1.807, 2.05) is 0 Å². The predicted molar refractivity (Wildman–Crippen MR) is 92.6 cm³/mol. The molecule has 144 valence electrons. The van der Waals surface area contributed by atoms with Crippen molar-refractivity contribution in [3.63, 3.8) is 0 Å². The molecular weight excluding hydrogens is 372 g/mol. The highest BCUT2D eigenvalue weighted by Crippen LogP contribution is 2.25. The van der Waals surface area contributed by atoms with E-state index in [1.54, 1.807) is 12.1 Å². The van der Waals surface area contributed by atoms with Crippen molar-refractivity contribution >= 4 is 23.6 Å². The molecule has 0 saturated carbocycles. The lowest BCUT2D eigenvalue weighted by Gasteiger charge is -2.22. The molecule has 0 unspecified atom stereocenters. The monoisotopic (exact) mass is 387 g/mol. The second kappa shape index (κ2) is 7.30. The van der Waals surface area contributed by atoms with Gasteiger partial charge >= 0.3 is 5.97 Å². The molecule has 0 bridgehead atoms. The lowest BCUT2D eigenvalue weighted by atomic mass is 10.1. The molecule has 0 spiro atoms. The first-order valence-corrected chi connectivity index (χ1v) is 8.39. The second-order valence-electron chi connectivity index (χ2n) is 6.27. The number of imide groups is 1. The van der Waals surface area contributed by atoms with Crippen molar-refractivity contribution in [2.45, 2.75) is 26.0 Å². The van der Waals surface area contributed by atoms with Gasteiger partial charge in [0.25, 0.3) is 11.8 Å². The standard InChI is InChI=1S/C20H15F2NO5/c1-10(23-18(25)13-5-3-4-6-14(13)19(23)26)20(27)28-11(2)17(24)12-7-8-15(21)16(22)9-12/h3-11H,1-2H3/t10-,11+/m0/s1. The molecular formula is C20H15F2NO5. The Bertz CT molecular complexity index is 969. The van der Waals surface area contributed by atoms with Gasteiger partial charge in [0.15, 0.2) is 17.7 Å². The number of Topliss-reactive ketones (excluding diaryl/α,β-unsaturated/α-hetero) is 1. The van der Waals surface area contributed by atoms with E-state index in [1.165, 1.54) is 26.0 Å². The third-order valence-electron chi connectivity index (χ3n) is 4.42. The number of rotatable bonds is 5. The SMILES string of the molecule is C[C@@H](OC(=O)[C@H](C)N1C(=O)c2ccccc2C1=O)C(=O)c1ccc(F)c(F)c1. The first-order chi connectivity index (χ1) is 13.2. The fourth-order valence-electron chi connectivity index (χ4n) is 2.88. The van der Waals surface area contributed by atoms with Crippen molar-refractivity contribution in [3.8, 4) is 0 Å². The average molecular weight is 387 g/mol. The number of hydrogen-bond donors (Lipinski definition) is 0. The molecule has 2 aromatic carbocycles. The third kappa shape index (κ3) is 3.28. The number of esters is 1. The van der Waals surface area contributed by atoms with Gasteiger partial charge < -0.3 is 4.74 Å². The van der Waals surface area contributed by atoms with Crippen molar-refractivity contribution in [1.29, 1.82) is 0 Å². The highest BCUT2D eigenvalue weighted by Gasteiger charge is 2.41. The summed E-state index contributed by atoms with van der Waals surface area (Å²) in [6.07, 6.45) is -1.32. The molecule has 2 aromatic rings. The minimum Gasteiger partial charge on any atom is -0.453 e. The second-order valence-corrected chi connectivity index (χ2v) is 6.27. The van der Waals surface area contributed by atoms with Crippen LogP contribution in [-0.4, -0.2) is 40.6 Å². The Morgan fingerprint density at radius 2 is 1.50 bits per heavy atom. The Labute approximate surface area is 158 Å². The van der Waals surface area contributed by atoms with Crippen molar-refractivity contribution in [2.24, 2.45) is 0 Å². The number of benzene rings is 2. The number of amides is 2. The van der Waals surface area contributed by atoms with Crippen LogP contribution in [0.25, 0.3) is 0 Å². The molecule has 0 fully saturated rings. The van der Waals surface area contributed by atoms with Crippen LogP contribution in [0, 0.1) is 11.6 Å². The summed E-state index contributed by atoms with van der Waals surface area (Å²) in [5, 5.41) is 0. The number of ketones is 1. The maximum absolute atomic E-state index is 13.3. The van der Waals surface area contributed by atoms with Gasteiger partial charge in [0.05, 0.1) is 11.1 Å². The molecule has 1 heterocycles. The van der Waals surface area contributed by atoms with Gasteiger partial charge in [-0.15, -0.1) is 0 Å². The number of hydrogen-bond acceptors (Lipinski definition) is 5. The zero-order valence-electron chi connectivity index (χ0n) is 14.9. The number of carbonyl (C=O) groups excluding carboxylic acids is 4. The number of fused-ring (bicyclic) bond motifs is 1. The summed E-state index contributed by atoms with van der Waals surface area (Å²) in [5.74, 6) is -5.31. The topological polar surface area (TPSA) is 80.8 Å². The van der Waals surface area contributed by atoms with E-state index in [-0.39, 0.29) is 16.7 Å².